The Morgan fingerprint density at radius 3 is 2.81 bits per heavy atom. The van der Waals surface area contributed by atoms with Crippen molar-refractivity contribution in [1.29, 1.82) is 0 Å². The molecular formula is C24H26FN5O2. The van der Waals surface area contributed by atoms with Crippen LogP contribution >= 0.6 is 0 Å². The van der Waals surface area contributed by atoms with Crippen molar-refractivity contribution in [3.05, 3.63) is 66.5 Å². The maximum absolute atomic E-state index is 13.7. The van der Waals surface area contributed by atoms with E-state index >= 15 is 0 Å². The van der Waals surface area contributed by atoms with Crippen LogP contribution in [-0.2, 0) is 9.53 Å². The van der Waals surface area contributed by atoms with E-state index in [0.29, 0.717) is 42.6 Å². The summed E-state index contributed by atoms with van der Waals surface area (Å²) >= 11 is 0. The molecule has 1 fully saturated rings. The number of carbonyl (C=O) groups is 1. The van der Waals surface area contributed by atoms with Crippen LogP contribution in [0.25, 0.3) is 11.3 Å². The first-order valence-electron chi connectivity index (χ1n) is 10.7. The van der Waals surface area contributed by atoms with E-state index in [-0.39, 0.29) is 17.8 Å². The molecule has 1 aromatic carbocycles. The minimum absolute atomic E-state index is 0.0362. The molecule has 1 saturated heterocycles. The van der Waals surface area contributed by atoms with Crippen LogP contribution in [-0.4, -0.2) is 46.0 Å². The number of aromatic nitrogens is 3. The number of ether oxygens (including phenoxy) is 1. The van der Waals surface area contributed by atoms with Gasteiger partial charge >= 0.3 is 0 Å². The van der Waals surface area contributed by atoms with E-state index in [1.165, 1.54) is 12.1 Å². The zero-order valence-electron chi connectivity index (χ0n) is 18.0. The van der Waals surface area contributed by atoms with Gasteiger partial charge in [-0.3, -0.25) is 9.78 Å². The molecule has 166 valence electrons. The van der Waals surface area contributed by atoms with Crippen LogP contribution in [0, 0.1) is 5.82 Å². The number of nitrogens with one attached hydrogen (secondary N) is 1. The molecule has 0 spiro atoms. The molecule has 3 heterocycles. The number of pyridine rings is 1. The molecule has 0 saturated carbocycles. The summed E-state index contributed by atoms with van der Waals surface area (Å²) in [6.45, 7) is 1.05. The van der Waals surface area contributed by atoms with Crippen LogP contribution in [0.2, 0.25) is 0 Å². The monoisotopic (exact) mass is 435 g/mol. The van der Waals surface area contributed by atoms with Crippen molar-refractivity contribution in [2.45, 2.75) is 31.7 Å². The lowest BCUT2D eigenvalue weighted by Gasteiger charge is -2.35. The lowest BCUT2D eigenvalue weighted by atomic mass is 10.0. The first kappa shape index (κ1) is 21.8. The predicted molar refractivity (Wildman–Crippen MR) is 120 cm³/mol. The van der Waals surface area contributed by atoms with Gasteiger partial charge in [-0.05, 0) is 49.6 Å². The Kier molecular flexibility index (Phi) is 7.01. The van der Waals surface area contributed by atoms with E-state index in [1.54, 1.807) is 31.6 Å². The molecule has 0 radical (unpaired) electrons. The fourth-order valence-corrected chi connectivity index (χ4v) is 3.90. The second-order valence-corrected chi connectivity index (χ2v) is 7.71. The van der Waals surface area contributed by atoms with Crippen molar-refractivity contribution in [1.82, 2.24) is 19.9 Å². The van der Waals surface area contributed by atoms with Gasteiger partial charge in [0, 0.05) is 43.4 Å². The highest BCUT2D eigenvalue weighted by Crippen LogP contribution is 2.32. The number of amides is 1. The van der Waals surface area contributed by atoms with Gasteiger partial charge in [-0.25, -0.2) is 14.4 Å². The summed E-state index contributed by atoms with van der Waals surface area (Å²) < 4.78 is 18.8. The summed E-state index contributed by atoms with van der Waals surface area (Å²) in [6.07, 6.45) is 6.47. The molecule has 1 aliphatic heterocycles. The molecule has 7 nitrogen and oxygen atoms in total. The SMILES string of the molecule is COCCC(=O)N1CCCC[C@H]1c1nc(Nc2cccc(F)c2)cc(-c2ccncc2)n1. The highest BCUT2D eigenvalue weighted by atomic mass is 19.1. The van der Waals surface area contributed by atoms with Crippen LogP contribution in [0.4, 0.5) is 15.9 Å². The maximum atomic E-state index is 13.7. The molecule has 1 N–H and O–H groups in total. The fraction of sp³-hybridized carbons (Fsp3) is 0.333. The van der Waals surface area contributed by atoms with E-state index in [0.717, 1.165) is 24.8 Å². The number of methoxy groups -OCH3 is 1. The Bertz CT molecular complexity index is 1060. The third kappa shape index (κ3) is 5.26. The van der Waals surface area contributed by atoms with Gasteiger partial charge in [0.2, 0.25) is 5.91 Å². The molecule has 1 aliphatic rings. The zero-order chi connectivity index (χ0) is 22.3. The van der Waals surface area contributed by atoms with Gasteiger partial charge < -0.3 is 15.0 Å². The normalized spacial score (nSPS) is 16.1. The summed E-state index contributed by atoms with van der Waals surface area (Å²) in [6, 6.07) is 11.6. The van der Waals surface area contributed by atoms with Crippen molar-refractivity contribution in [2.75, 3.05) is 25.6 Å². The van der Waals surface area contributed by atoms with Crippen LogP contribution in [0.1, 0.15) is 37.5 Å². The molecule has 2 aromatic heterocycles. The first-order chi connectivity index (χ1) is 15.6. The Labute approximate surface area is 186 Å². The molecular weight excluding hydrogens is 409 g/mol. The fourth-order valence-electron chi connectivity index (χ4n) is 3.90. The lowest BCUT2D eigenvalue weighted by Crippen LogP contribution is -2.39. The van der Waals surface area contributed by atoms with Crippen LogP contribution in [0.15, 0.2) is 54.9 Å². The second kappa shape index (κ2) is 10.3. The zero-order valence-corrected chi connectivity index (χ0v) is 18.0. The molecule has 4 rings (SSSR count). The van der Waals surface area contributed by atoms with Gasteiger partial charge in [0.05, 0.1) is 24.8 Å². The number of rotatable bonds is 7. The smallest absolute Gasteiger partial charge is 0.225 e. The van der Waals surface area contributed by atoms with Gasteiger partial charge in [-0.1, -0.05) is 6.07 Å². The molecule has 1 amide bonds. The molecule has 1 atom stereocenters. The number of piperidine rings is 1. The average Bonchev–Trinajstić information content (AvgIpc) is 2.83. The average molecular weight is 436 g/mol. The highest BCUT2D eigenvalue weighted by Gasteiger charge is 2.30. The third-order valence-electron chi connectivity index (χ3n) is 5.46. The number of hydrogen-bond acceptors (Lipinski definition) is 6. The van der Waals surface area contributed by atoms with Gasteiger partial charge in [0.25, 0.3) is 0 Å². The van der Waals surface area contributed by atoms with Crippen LogP contribution in [0.5, 0.6) is 0 Å². The number of benzene rings is 1. The molecule has 0 unspecified atom stereocenters. The second-order valence-electron chi connectivity index (χ2n) is 7.71. The maximum Gasteiger partial charge on any atom is 0.225 e. The quantitative estimate of drug-likeness (QED) is 0.588. The summed E-state index contributed by atoms with van der Waals surface area (Å²) in [4.78, 5) is 28.3. The van der Waals surface area contributed by atoms with Gasteiger partial charge in [0.15, 0.2) is 5.82 Å². The summed E-state index contributed by atoms with van der Waals surface area (Å²) in [7, 11) is 1.59. The first-order valence-corrected chi connectivity index (χ1v) is 10.7. The van der Waals surface area contributed by atoms with E-state index in [1.807, 2.05) is 23.1 Å². The summed E-state index contributed by atoms with van der Waals surface area (Å²) in [5.74, 6) is 0.820. The molecule has 0 aliphatic carbocycles. The molecule has 8 heteroatoms. The minimum Gasteiger partial charge on any atom is -0.384 e. The Balaban J connectivity index is 1.71. The number of likely N-dealkylation sites (tertiary alicyclic amines) is 1. The summed E-state index contributed by atoms with van der Waals surface area (Å²) in [5.41, 5.74) is 2.19. The predicted octanol–water partition coefficient (Wildman–Crippen LogP) is 4.51. The van der Waals surface area contributed by atoms with E-state index < -0.39 is 0 Å². The largest absolute Gasteiger partial charge is 0.384 e. The van der Waals surface area contributed by atoms with E-state index in [2.05, 4.69) is 10.3 Å². The van der Waals surface area contributed by atoms with Gasteiger partial charge in [0.1, 0.15) is 11.6 Å². The molecule has 32 heavy (non-hydrogen) atoms. The number of hydrogen-bond donors (Lipinski definition) is 1. The van der Waals surface area contributed by atoms with E-state index in [9.17, 15) is 9.18 Å². The third-order valence-corrected chi connectivity index (χ3v) is 5.46. The lowest BCUT2D eigenvalue weighted by molar-refractivity contribution is -0.136. The Hall–Kier alpha value is -3.39. The number of anilines is 2. The van der Waals surface area contributed by atoms with Crippen molar-refractivity contribution in [3.8, 4) is 11.3 Å². The standard InChI is InChI=1S/C24H26FN5O2/c1-32-14-10-23(31)30-13-3-2-7-21(30)24-28-20(17-8-11-26-12-9-17)16-22(29-24)27-19-6-4-5-18(25)15-19/h4-6,8-9,11-12,15-16,21H,2-3,7,10,13-14H2,1H3,(H,27,28,29)/t21-/m0/s1. The Morgan fingerprint density at radius 1 is 1.19 bits per heavy atom. The van der Waals surface area contributed by atoms with E-state index in [4.69, 9.17) is 14.7 Å². The topological polar surface area (TPSA) is 80.2 Å². The summed E-state index contributed by atoms with van der Waals surface area (Å²) in [5, 5.41) is 3.18. The minimum atomic E-state index is -0.333. The van der Waals surface area contributed by atoms with Crippen molar-refractivity contribution in [3.63, 3.8) is 0 Å². The van der Waals surface area contributed by atoms with Gasteiger partial charge in [-0.2, -0.15) is 0 Å². The van der Waals surface area contributed by atoms with Crippen LogP contribution < -0.4 is 5.32 Å². The molecule has 3 aromatic rings. The number of carbonyl (C=O) groups excluding carboxylic acids is 1. The van der Waals surface area contributed by atoms with Gasteiger partial charge in [-0.15, -0.1) is 0 Å². The highest BCUT2D eigenvalue weighted by molar-refractivity contribution is 5.77. The number of halogens is 1. The molecule has 0 bridgehead atoms. The number of nitrogens with zero attached hydrogens (tertiary/aromatic N) is 4. The van der Waals surface area contributed by atoms with Crippen molar-refractivity contribution >= 4 is 17.4 Å². The van der Waals surface area contributed by atoms with Crippen LogP contribution in [0.3, 0.4) is 0 Å². The van der Waals surface area contributed by atoms with Crippen molar-refractivity contribution < 1.29 is 13.9 Å². The Morgan fingerprint density at radius 2 is 2.03 bits per heavy atom. The van der Waals surface area contributed by atoms with Crippen molar-refractivity contribution in [2.24, 2.45) is 0 Å².